The van der Waals surface area contributed by atoms with Crippen LogP contribution in [0.1, 0.15) is 24.2 Å². The van der Waals surface area contributed by atoms with Gasteiger partial charge in [0.25, 0.3) is 0 Å². The van der Waals surface area contributed by atoms with Gasteiger partial charge in [-0.15, -0.1) is 12.4 Å². The maximum Gasteiger partial charge on any atom is 0.244 e. The van der Waals surface area contributed by atoms with Gasteiger partial charge in [0.05, 0.1) is 13.2 Å². The Bertz CT molecular complexity index is 708. The predicted molar refractivity (Wildman–Crippen MR) is 104 cm³/mol. The number of hydrogen-bond acceptors (Lipinski definition) is 4. The van der Waals surface area contributed by atoms with Gasteiger partial charge < -0.3 is 20.9 Å². The lowest BCUT2D eigenvalue weighted by atomic mass is 9.92. The highest BCUT2D eigenvalue weighted by atomic mass is 79.9. The van der Waals surface area contributed by atoms with Crippen molar-refractivity contribution in [1.82, 2.24) is 5.32 Å². The number of rotatable bonds is 6. The molecule has 4 N–H and O–H groups in total. The summed E-state index contributed by atoms with van der Waals surface area (Å²) < 4.78 is 6.13. The highest BCUT2D eigenvalue weighted by Crippen LogP contribution is 2.25. The molecule has 0 radical (unpaired) electrons. The molecule has 136 valence electrons. The van der Waals surface area contributed by atoms with E-state index in [0.717, 1.165) is 4.47 Å². The monoisotopic (exact) mass is 428 g/mol. The molecule has 2 unspecified atom stereocenters. The predicted octanol–water partition coefficient (Wildman–Crippen LogP) is 2.90. The van der Waals surface area contributed by atoms with Crippen LogP contribution < -0.4 is 15.8 Å². The van der Waals surface area contributed by atoms with Gasteiger partial charge >= 0.3 is 0 Å². The highest BCUT2D eigenvalue weighted by Gasteiger charge is 2.30. The minimum atomic E-state index is -1.19. The van der Waals surface area contributed by atoms with Gasteiger partial charge in [-0.1, -0.05) is 46.3 Å². The number of benzene rings is 2. The SMILES string of the molecule is COc1ccccc1C(O)CNC(=O)C(C)(N)c1ccc(Br)cc1.Cl. The normalized spacial score (nSPS) is 14.0. The molecule has 7 heteroatoms. The third kappa shape index (κ3) is 5.19. The van der Waals surface area contributed by atoms with Crippen LogP contribution in [-0.2, 0) is 10.3 Å². The number of aliphatic hydroxyl groups is 1. The van der Waals surface area contributed by atoms with Gasteiger partial charge in [0.15, 0.2) is 0 Å². The molecule has 25 heavy (non-hydrogen) atoms. The van der Waals surface area contributed by atoms with Crippen LogP contribution in [0.5, 0.6) is 5.75 Å². The fourth-order valence-corrected chi connectivity index (χ4v) is 2.62. The number of carbonyl (C=O) groups excluding carboxylic acids is 1. The van der Waals surface area contributed by atoms with Crippen LogP contribution in [0.4, 0.5) is 0 Å². The number of amides is 1. The lowest BCUT2D eigenvalue weighted by Gasteiger charge is -2.25. The standard InChI is InChI=1S/C18H21BrN2O3.ClH/c1-18(20,12-7-9-13(19)10-8-12)17(23)21-11-15(22)14-5-3-4-6-16(14)24-2;/h3-10,15,22H,11,20H2,1-2H3,(H,21,23);1H. The first-order valence-corrected chi connectivity index (χ1v) is 8.29. The van der Waals surface area contributed by atoms with E-state index in [-0.39, 0.29) is 24.9 Å². The Morgan fingerprint density at radius 1 is 1.28 bits per heavy atom. The van der Waals surface area contributed by atoms with E-state index in [2.05, 4.69) is 21.2 Å². The van der Waals surface area contributed by atoms with Crippen molar-refractivity contribution in [2.45, 2.75) is 18.6 Å². The van der Waals surface area contributed by atoms with Crippen LogP contribution in [0.15, 0.2) is 53.0 Å². The summed E-state index contributed by atoms with van der Waals surface area (Å²) in [7, 11) is 1.54. The topological polar surface area (TPSA) is 84.6 Å². The van der Waals surface area contributed by atoms with Crippen molar-refractivity contribution in [3.63, 3.8) is 0 Å². The number of nitrogens with one attached hydrogen (secondary N) is 1. The molecule has 2 rings (SSSR count). The second-order valence-corrected chi connectivity index (χ2v) is 6.59. The molecule has 0 bridgehead atoms. The van der Waals surface area contributed by atoms with Crippen LogP contribution in [0, 0.1) is 0 Å². The molecule has 0 fully saturated rings. The van der Waals surface area contributed by atoms with Crippen molar-refractivity contribution < 1.29 is 14.6 Å². The van der Waals surface area contributed by atoms with Crippen LogP contribution in [0.2, 0.25) is 0 Å². The van der Waals surface area contributed by atoms with E-state index in [0.29, 0.717) is 16.9 Å². The van der Waals surface area contributed by atoms with Crippen LogP contribution >= 0.6 is 28.3 Å². The summed E-state index contributed by atoms with van der Waals surface area (Å²) >= 11 is 3.35. The average molecular weight is 430 g/mol. The summed E-state index contributed by atoms with van der Waals surface area (Å²) in [6.45, 7) is 1.68. The van der Waals surface area contributed by atoms with E-state index in [1.165, 1.54) is 7.11 Å². The van der Waals surface area contributed by atoms with E-state index in [9.17, 15) is 9.90 Å². The number of hydrogen-bond donors (Lipinski definition) is 3. The minimum Gasteiger partial charge on any atom is -0.496 e. The number of carbonyl (C=O) groups is 1. The van der Waals surface area contributed by atoms with Crippen molar-refractivity contribution >= 4 is 34.2 Å². The average Bonchev–Trinajstić information content (AvgIpc) is 2.59. The Kier molecular flexibility index (Phi) is 7.89. The van der Waals surface area contributed by atoms with E-state index in [1.54, 1.807) is 37.3 Å². The van der Waals surface area contributed by atoms with E-state index in [1.807, 2.05) is 18.2 Å². The van der Waals surface area contributed by atoms with Gasteiger partial charge in [0.1, 0.15) is 11.3 Å². The van der Waals surface area contributed by atoms with Crippen molar-refractivity contribution in [3.05, 3.63) is 64.1 Å². The van der Waals surface area contributed by atoms with Crippen molar-refractivity contribution in [2.75, 3.05) is 13.7 Å². The van der Waals surface area contributed by atoms with E-state index >= 15 is 0 Å². The Morgan fingerprint density at radius 3 is 2.48 bits per heavy atom. The fraction of sp³-hybridized carbons (Fsp3) is 0.278. The summed E-state index contributed by atoms with van der Waals surface area (Å²) in [6.07, 6.45) is -0.884. The largest absolute Gasteiger partial charge is 0.496 e. The molecule has 0 saturated carbocycles. The Balaban J connectivity index is 0.00000312. The molecule has 2 aromatic rings. The molecular formula is C18H22BrClN2O3. The lowest BCUT2D eigenvalue weighted by Crippen LogP contribution is -2.49. The van der Waals surface area contributed by atoms with Gasteiger partial charge in [-0.3, -0.25) is 4.79 Å². The maximum atomic E-state index is 12.5. The Labute approximate surface area is 162 Å². The number of halogens is 2. The summed E-state index contributed by atoms with van der Waals surface area (Å²) in [5.74, 6) is 0.210. The van der Waals surface area contributed by atoms with Gasteiger partial charge in [-0.25, -0.2) is 0 Å². The Hall–Kier alpha value is -1.60. The first kappa shape index (κ1) is 21.4. The van der Waals surface area contributed by atoms with Gasteiger partial charge in [-0.05, 0) is 30.7 Å². The first-order valence-electron chi connectivity index (χ1n) is 7.50. The number of ether oxygens (including phenoxy) is 1. The molecule has 0 heterocycles. The van der Waals surface area contributed by atoms with Gasteiger partial charge in [0.2, 0.25) is 5.91 Å². The second-order valence-electron chi connectivity index (χ2n) is 5.68. The summed E-state index contributed by atoms with van der Waals surface area (Å²) in [4.78, 5) is 12.5. The molecule has 0 aliphatic rings. The van der Waals surface area contributed by atoms with Gasteiger partial charge in [-0.2, -0.15) is 0 Å². The Morgan fingerprint density at radius 2 is 1.88 bits per heavy atom. The molecule has 0 aliphatic heterocycles. The first-order chi connectivity index (χ1) is 11.4. The van der Waals surface area contributed by atoms with Gasteiger partial charge in [0, 0.05) is 16.6 Å². The fourth-order valence-electron chi connectivity index (χ4n) is 2.35. The zero-order chi connectivity index (χ0) is 17.7. The second kappa shape index (κ2) is 9.20. The third-order valence-electron chi connectivity index (χ3n) is 3.87. The molecular weight excluding hydrogens is 408 g/mol. The van der Waals surface area contributed by atoms with Crippen LogP contribution in [-0.4, -0.2) is 24.7 Å². The summed E-state index contributed by atoms with van der Waals surface area (Å²) in [5, 5.41) is 13.0. The third-order valence-corrected chi connectivity index (χ3v) is 4.40. The summed E-state index contributed by atoms with van der Waals surface area (Å²) in [6, 6.07) is 14.4. The highest BCUT2D eigenvalue weighted by molar-refractivity contribution is 9.10. The number of methoxy groups -OCH3 is 1. The molecule has 0 spiro atoms. The number of para-hydroxylation sites is 1. The number of nitrogens with two attached hydrogens (primary N) is 1. The summed E-state index contributed by atoms with van der Waals surface area (Å²) in [5.41, 5.74) is 6.29. The van der Waals surface area contributed by atoms with Crippen molar-refractivity contribution in [1.29, 1.82) is 0 Å². The zero-order valence-electron chi connectivity index (χ0n) is 14.0. The molecule has 2 atom stereocenters. The molecule has 5 nitrogen and oxygen atoms in total. The maximum absolute atomic E-state index is 12.5. The van der Waals surface area contributed by atoms with Crippen LogP contribution in [0.25, 0.3) is 0 Å². The minimum absolute atomic E-state index is 0. The smallest absolute Gasteiger partial charge is 0.244 e. The van der Waals surface area contributed by atoms with E-state index < -0.39 is 11.6 Å². The molecule has 0 aliphatic carbocycles. The quantitative estimate of drug-likeness (QED) is 0.659. The molecule has 0 aromatic heterocycles. The van der Waals surface area contributed by atoms with Crippen LogP contribution in [0.3, 0.4) is 0 Å². The zero-order valence-corrected chi connectivity index (χ0v) is 16.4. The lowest BCUT2D eigenvalue weighted by molar-refractivity contribution is -0.126. The van der Waals surface area contributed by atoms with Crippen molar-refractivity contribution in [3.8, 4) is 5.75 Å². The van der Waals surface area contributed by atoms with Crippen molar-refractivity contribution in [2.24, 2.45) is 5.73 Å². The molecule has 2 aromatic carbocycles. The number of aliphatic hydroxyl groups excluding tert-OH is 1. The molecule has 0 saturated heterocycles. The van der Waals surface area contributed by atoms with E-state index in [4.69, 9.17) is 10.5 Å². The molecule has 1 amide bonds.